The van der Waals surface area contributed by atoms with E-state index in [1.807, 2.05) is 60.7 Å². The van der Waals surface area contributed by atoms with Crippen molar-refractivity contribution in [2.45, 2.75) is 0 Å². The molecule has 0 saturated carbocycles. The van der Waals surface area contributed by atoms with Crippen LogP contribution in [0.2, 0.25) is 0 Å². The Morgan fingerprint density at radius 1 is 0.778 bits per heavy atom. The minimum atomic E-state index is 0.880. The highest BCUT2D eigenvalue weighted by Gasteiger charge is 1.87. The van der Waals surface area contributed by atoms with Crippen molar-refractivity contribution >= 4 is 12.2 Å². The van der Waals surface area contributed by atoms with Gasteiger partial charge in [0.25, 0.3) is 0 Å². The molecule has 0 amide bonds. The lowest BCUT2D eigenvalue weighted by atomic mass is 10.2. The molecule has 0 aliphatic rings. The molecule has 0 aromatic heterocycles. The molecule has 0 radical (unpaired) electrons. The zero-order valence-corrected chi connectivity index (χ0v) is 10.7. The maximum atomic E-state index is 4.98. The van der Waals surface area contributed by atoms with Crippen LogP contribution in [0.4, 0.5) is 0 Å². The van der Waals surface area contributed by atoms with E-state index in [2.05, 4.69) is 13.2 Å². The van der Waals surface area contributed by atoms with E-state index in [0.29, 0.717) is 0 Å². The van der Waals surface area contributed by atoms with Crippen LogP contribution in [0.3, 0.4) is 0 Å². The summed E-state index contributed by atoms with van der Waals surface area (Å²) in [5.41, 5.74) is 2.29. The minimum absolute atomic E-state index is 0.880. The molecule has 0 bridgehead atoms. The molecule has 0 aliphatic carbocycles. The van der Waals surface area contributed by atoms with Gasteiger partial charge in [-0.3, -0.25) is 0 Å². The van der Waals surface area contributed by atoms with Crippen molar-refractivity contribution in [3.63, 3.8) is 0 Å². The van der Waals surface area contributed by atoms with Gasteiger partial charge < -0.3 is 4.74 Å². The minimum Gasteiger partial charge on any atom is -0.497 e. The summed E-state index contributed by atoms with van der Waals surface area (Å²) in [6, 6.07) is 17.8. The average molecular weight is 238 g/mol. The highest BCUT2D eigenvalue weighted by atomic mass is 16.5. The molecule has 2 aromatic rings. The Hall–Kier alpha value is -2.28. The summed E-state index contributed by atoms with van der Waals surface area (Å²) in [6.07, 6.45) is 3.64. The SMILES string of the molecule is C=Cc1ccc(OC)cc1.C=Cc1ccccc1. The van der Waals surface area contributed by atoms with Crippen molar-refractivity contribution in [3.8, 4) is 5.75 Å². The number of rotatable bonds is 3. The quantitative estimate of drug-likeness (QED) is 0.755. The van der Waals surface area contributed by atoms with Crippen molar-refractivity contribution in [1.82, 2.24) is 0 Å². The van der Waals surface area contributed by atoms with Crippen LogP contribution in [-0.2, 0) is 0 Å². The van der Waals surface area contributed by atoms with Gasteiger partial charge in [0.2, 0.25) is 0 Å². The number of ether oxygens (including phenoxy) is 1. The smallest absolute Gasteiger partial charge is 0.118 e. The predicted molar refractivity (Wildman–Crippen MR) is 79.6 cm³/mol. The first-order valence-electron chi connectivity index (χ1n) is 5.74. The van der Waals surface area contributed by atoms with Gasteiger partial charge in [0.15, 0.2) is 0 Å². The molecule has 1 heteroatoms. The monoisotopic (exact) mass is 238 g/mol. The van der Waals surface area contributed by atoms with Gasteiger partial charge in [0, 0.05) is 0 Å². The Morgan fingerprint density at radius 3 is 1.67 bits per heavy atom. The first-order valence-corrected chi connectivity index (χ1v) is 5.74. The Kier molecular flexibility index (Phi) is 6.05. The highest BCUT2D eigenvalue weighted by molar-refractivity contribution is 5.48. The van der Waals surface area contributed by atoms with Crippen LogP contribution in [0, 0.1) is 0 Å². The molecular weight excluding hydrogens is 220 g/mol. The molecule has 0 spiro atoms. The Labute approximate surface area is 109 Å². The van der Waals surface area contributed by atoms with E-state index in [1.165, 1.54) is 5.56 Å². The van der Waals surface area contributed by atoms with Crippen LogP contribution in [0.5, 0.6) is 5.75 Å². The van der Waals surface area contributed by atoms with Gasteiger partial charge in [-0.05, 0) is 23.3 Å². The van der Waals surface area contributed by atoms with Gasteiger partial charge in [-0.1, -0.05) is 67.8 Å². The third-order valence-corrected chi connectivity index (χ3v) is 2.39. The van der Waals surface area contributed by atoms with Gasteiger partial charge in [0.1, 0.15) is 5.75 Å². The molecule has 0 saturated heterocycles. The maximum Gasteiger partial charge on any atom is 0.118 e. The molecule has 0 heterocycles. The number of hydrogen-bond acceptors (Lipinski definition) is 1. The van der Waals surface area contributed by atoms with Crippen molar-refractivity contribution in [2.75, 3.05) is 7.11 Å². The zero-order chi connectivity index (χ0) is 13.2. The van der Waals surface area contributed by atoms with Crippen LogP contribution >= 0.6 is 0 Å². The lowest BCUT2D eigenvalue weighted by molar-refractivity contribution is 0.415. The molecule has 18 heavy (non-hydrogen) atoms. The van der Waals surface area contributed by atoms with Crippen LogP contribution in [-0.4, -0.2) is 7.11 Å². The summed E-state index contributed by atoms with van der Waals surface area (Å²) in [4.78, 5) is 0. The first-order chi connectivity index (χ1) is 8.80. The molecule has 0 fully saturated rings. The second kappa shape index (κ2) is 7.91. The summed E-state index contributed by atoms with van der Waals surface area (Å²) in [6.45, 7) is 7.28. The van der Waals surface area contributed by atoms with E-state index in [-0.39, 0.29) is 0 Å². The average Bonchev–Trinajstić information content (AvgIpc) is 2.49. The normalized spacial score (nSPS) is 8.72. The summed E-state index contributed by atoms with van der Waals surface area (Å²) in [7, 11) is 1.66. The van der Waals surface area contributed by atoms with E-state index in [1.54, 1.807) is 13.2 Å². The standard InChI is InChI=1S/C9H10O.C8H8/c1-3-8-4-6-9(10-2)7-5-8;1-2-8-6-4-3-5-7-8/h3-7H,1H2,2H3;2-7H,1H2. The van der Waals surface area contributed by atoms with Crippen LogP contribution < -0.4 is 4.74 Å². The lowest BCUT2D eigenvalue weighted by Gasteiger charge is -1.97. The second-order valence-electron chi connectivity index (χ2n) is 3.59. The Bertz CT molecular complexity index is 469. The highest BCUT2D eigenvalue weighted by Crippen LogP contribution is 2.11. The number of hydrogen-bond donors (Lipinski definition) is 0. The van der Waals surface area contributed by atoms with Gasteiger partial charge >= 0.3 is 0 Å². The maximum absolute atomic E-state index is 4.98. The van der Waals surface area contributed by atoms with E-state index >= 15 is 0 Å². The Balaban J connectivity index is 0.000000184. The van der Waals surface area contributed by atoms with Crippen LogP contribution in [0.25, 0.3) is 12.2 Å². The molecule has 1 nitrogen and oxygen atoms in total. The van der Waals surface area contributed by atoms with Crippen molar-refractivity contribution in [2.24, 2.45) is 0 Å². The fourth-order valence-electron chi connectivity index (χ4n) is 1.33. The molecular formula is C17H18O. The second-order valence-corrected chi connectivity index (χ2v) is 3.59. The van der Waals surface area contributed by atoms with Crippen molar-refractivity contribution < 1.29 is 4.74 Å². The van der Waals surface area contributed by atoms with E-state index < -0.39 is 0 Å². The van der Waals surface area contributed by atoms with Crippen LogP contribution in [0.15, 0.2) is 67.8 Å². The van der Waals surface area contributed by atoms with Crippen molar-refractivity contribution in [1.29, 1.82) is 0 Å². The zero-order valence-electron chi connectivity index (χ0n) is 10.7. The van der Waals surface area contributed by atoms with Gasteiger partial charge in [0.05, 0.1) is 7.11 Å². The lowest BCUT2D eigenvalue weighted by Crippen LogP contribution is -1.80. The molecule has 0 atom stereocenters. The summed E-state index contributed by atoms with van der Waals surface area (Å²) in [5, 5.41) is 0. The molecule has 2 aromatic carbocycles. The van der Waals surface area contributed by atoms with Gasteiger partial charge in [-0.15, -0.1) is 0 Å². The fraction of sp³-hybridized carbons (Fsp3) is 0.0588. The van der Waals surface area contributed by atoms with Crippen molar-refractivity contribution in [3.05, 3.63) is 78.9 Å². The Morgan fingerprint density at radius 2 is 1.28 bits per heavy atom. The molecule has 2 rings (SSSR count). The molecule has 92 valence electrons. The summed E-state index contributed by atoms with van der Waals surface area (Å²) < 4.78 is 4.98. The largest absolute Gasteiger partial charge is 0.497 e. The summed E-state index contributed by atoms with van der Waals surface area (Å²) >= 11 is 0. The predicted octanol–water partition coefficient (Wildman–Crippen LogP) is 4.67. The summed E-state index contributed by atoms with van der Waals surface area (Å²) in [5.74, 6) is 0.880. The molecule has 0 aliphatic heterocycles. The van der Waals surface area contributed by atoms with Gasteiger partial charge in [-0.2, -0.15) is 0 Å². The van der Waals surface area contributed by atoms with E-state index in [4.69, 9.17) is 4.74 Å². The molecule has 0 N–H and O–H groups in total. The van der Waals surface area contributed by atoms with Crippen LogP contribution in [0.1, 0.15) is 11.1 Å². The fourth-order valence-corrected chi connectivity index (χ4v) is 1.33. The topological polar surface area (TPSA) is 9.23 Å². The van der Waals surface area contributed by atoms with Gasteiger partial charge in [-0.25, -0.2) is 0 Å². The third kappa shape index (κ3) is 4.71. The number of methoxy groups -OCH3 is 1. The molecule has 0 unspecified atom stereocenters. The first kappa shape index (κ1) is 13.8. The van der Waals surface area contributed by atoms with E-state index in [0.717, 1.165) is 11.3 Å². The third-order valence-electron chi connectivity index (χ3n) is 2.39. The van der Waals surface area contributed by atoms with E-state index in [9.17, 15) is 0 Å². The number of benzene rings is 2.